The zero-order valence-corrected chi connectivity index (χ0v) is 15.9. The van der Waals surface area contributed by atoms with Gasteiger partial charge in [0.2, 0.25) is 15.9 Å². The third-order valence-corrected chi connectivity index (χ3v) is 6.80. The highest BCUT2D eigenvalue weighted by Crippen LogP contribution is 2.42. The molecule has 2 aromatic rings. The largest absolute Gasteiger partial charge is 0.332 e. The van der Waals surface area contributed by atoms with E-state index in [0.717, 1.165) is 36.1 Å². The van der Waals surface area contributed by atoms with E-state index in [4.69, 9.17) is 0 Å². The van der Waals surface area contributed by atoms with Crippen molar-refractivity contribution in [2.45, 2.75) is 49.6 Å². The molecule has 7 nitrogen and oxygen atoms in total. The van der Waals surface area contributed by atoms with Crippen molar-refractivity contribution in [1.82, 2.24) is 19.6 Å². The molecule has 27 heavy (non-hydrogen) atoms. The maximum absolute atomic E-state index is 12.8. The number of sulfonamides is 1. The van der Waals surface area contributed by atoms with Crippen LogP contribution < -0.4 is 4.72 Å². The van der Waals surface area contributed by atoms with E-state index in [2.05, 4.69) is 14.7 Å². The van der Waals surface area contributed by atoms with Crippen LogP contribution >= 0.6 is 0 Å². The SMILES string of the molecule is Cc1cccc(S(=O)(=O)NCCC(=O)N2C3CCC2c2cncnc2C3)c1. The Bertz CT molecular complexity index is 976. The third kappa shape index (κ3) is 3.46. The van der Waals surface area contributed by atoms with Crippen LogP contribution in [0.25, 0.3) is 0 Å². The van der Waals surface area contributed by atoms with Crippen molar-refractivity contribution in [2.24, 2.45) is 0 Å². The van der Waals surface area contributed by atoms with Crippen molar-refractivity contribution in [3.63, 3.8) is 0 Å². The molecule has 3 heterocycles. The number of amides is 1. The van der Waals surface area contributed by atoms with E-state index in [1.807, 2.05) is 17.9 Å². The van der Waals surface area contributed by atoms with Gasteiger partial charge in [-0.05, 0) is 37.5 Å². The predicted molar refractivity (Wildman–Crippen MR) is 99.3 cm³/mol. The van der Waals surface area contributed by atoms with Gasteiger partial charge in [0.15, 0.2) is 0 Å². The third-order valence-electron chi connectivity index (χ3n) is 5.34. The van der Waals surface area contributed by atoms with E-state index in [1.54, 1.807) is 30.7 Å². The zero-order chi connectivity index (χ0) is 19.0. The van der Waals surface area contributed by atoms with Crippen molar-refractivity contribution in [3.8, 4) is 0 Å². The van der Waals surface area contributed by atoms with E-state index in [-0.39, 0.29) is 35.9 Å². The van der Waals surface area contributed by atoms with Crippen LogP contribution in [0.15, 0.2) is 41.7 Å². The molecule has 1 saturated heterocycles. The molecule has 2 bridgehead atoms. The quantitative estimate of drug-likeness (QED) is 0.845. The summed E-state index contributed by atoms with van der Waals surface area (Å²) in [6, 6.07) is 6.89. The first-order chi connectivity index (χ1) is 13.0. The normalized spacial score (nSPS) is 21.1. The van der Waals surface area contributed by atoms with Crippen molar-refractivity contribution >= 4 is 15.9 Å². The second-order valence-electron chi connectivity index (χ2n) is 7.14. The van der Waals surface area contributed by atoms with Crippen LogP contribution in [0.4, 0.5) is 0 Å². The Hall–Kier alpha value is -2.32. The number of benzene rings is 1. The average Bonchev–Trinajstić information content (AvgIpc) is 2.96. The van der Waals surface area contributed by atoms with E-state index in [9.17, 15) is 13.2 Å². The standard InChI is InChI=1S/C19H22N4O3S/c1-13-3-2-4-15(9-13)27(25,26)22-8-7-19(24)23-14-5-6-18(23)16-11-20-12-21-17(16)10-14/h2-4,9,11-12,14,18,22H,5-8,10H2,1H3. The van der Waals surface area contributed by atoms with Crippen molar-refractivity contribution in [1.29, 1.82) is 0 Å². The predicted octanol–water partition coefficient (Wildman–Crippen LogP) is 1.74. The van der Waals surface area contributed by atoms with Gasteiger partial charge in [-0.15, -0.1) is 0 Å². The van der Waals surface area contributed by atoms with Gasteiger partial charge >= 0.3 is 0 Å². The Morgan fingerprint density at radius 3 is 3.00 bits per heavy atom. The van der Waals surface area contributed by atoms with Gasteiger partial charge in [0.25, 0.3) is 0 Å². The summed E-state index contributed by atoms with van der Waals surface area (Å²) in [5.41, 5.74) is 2.93. The first-order valence-electron chi connectivity index (χ1n) is 9.12. The van der Waals surface area contributed by atoms with Crippen molar-refractivity contribution < 1.29 is 13.2 Å². The molecule has 2 aliphatic rings. The number of nitrogens with one attached hydrogen (secondary N) is 1. The molecule has 1 amide bonds. The molecule has 142 valence electrons. The van der Waals surface area contributed by atoms with Crippen LogP contribution in [0.2, 0.25) is 0 Å². The summed E-state index contributed by atoms with van der Waals surface area (Å²) in [6.45, 7) is 1.93. The number of hydrogen-bond acceptors (Lipinski definition) is 5. The van der Waals surface area contributed by atoms with Gasteiger partial charge < -0.3 is 4.90 Å². The summed E-state index contributed by atoms with van der Waals surface area (Å²) >= 11 is 0. The first-order valence-corrected chi connectivity index (χ1v) is 10.6. The molecule has 0 aliphatic carbocycles. The molecule has 0 radical (unpaired) electrons. The van der Waals surface area contributed by atoms with E-state index >= 15 is 0 Å². The number of carbonyl (C=O) groups is 1. The molecule has 4 rings (SSSR count). The number of nitrogens with zero attached hydrogens (tertiary/aromatic N) is 3. The van der Waals surface area contributed by atoms with Gasteiger partial charge in [-0.25, -0.2) is 23.1 Å². The topological polar surface area (TPSA) is 92.3 Å². The van der Waals surface area contributed by atoms with Crippen molar-refractivity contribution in [3.05, 3.63) is 53.6 Å². The highest BCUT2D eigenvalue weighted by Gasteiger charge is 2.42. The number of rotatable bonds is 5. The van der Waals surface area contributed by atoms with Crippen LogP contribution in [0, 0.1) is 6.92 Å². The average molecular weight is 386 g/mol. The summed E-state index contributed by atoms with van der Waals surface area (Å²) in [5.74, 6) is -0.0241. The van der Waals surface area contributed by atoms with Crippen LogP contribution in [0.5, 0.6) is 0 Å². The molecule has 8 heteroatoms. The number of aryl methyl sites for hydroxylation is 1. The lowest BCUT2D eigenvalue weighted by molar-refractivity contribution is -0.134. The summed E-state index contributed by atoms with van der Waals surface area (Å²) in [7, 11) is -3.61. The Morgan fingerprint density at radius 2 is 2.19 bits per heavy atom. The number of aromatic nitrogens is 2. The lowest BCUT2D eigenvalue weighted by atomic mass is 9.99. The monoisotopic (exact) mass is 386 g/mol. The van der Waals surface area contributed by atoms with Gasteiger partial charge in [0.05, 0.1) is 16.6 Å². The van der Waals surface area contributed by atoms with Gasteiger partial charge in [-0.2, -0.15) is 0 Å². The molecule has 1 N–H and O–H groups in total. The smallest absolute Gasteiger partial charge is 0.240 e. The second-order valence-corrected chi connectivity index (χ2v) is 8.91. The Kier molecular flexibility index (Phi) is 4.69. The zero-order valence-electron chi connectivity index (χ0n) is 15.1. The van der Waals surface area contributed by atoms with Crippen LogP contribution in [0.1, 0.15) is 42.1 Å². The van der Waals surface area contributed by atoms with E-state index < -0.39 is 10.0 Å². The molecule has 2 unspecified atom stereocenters. The maximum Gasteiger partial charge on any atom is 0.240 e. The fourth-order valence-corrected chi connectivity index (χ4v) is 5.23. The summed E-state index contributed by atoms with van der Waals surface area (Å²) in [5, 5.41) is 0. The van der Waals surface area contributed by atoms with E-state index in [0.29, 0.717) is 0 Å². The number of fused-ring (bicyclic) bond motifs is 4. The van der Waals surface area contributed by atoms with Crippen LogP contribution in [-0.4, -0.2) is 41.8 Å². The molecule has 1 aromatic heterocycles. The molecule has 0 saturated carbocycles. The fourth-order valence-electron chi connectivity index (χ4n) is 4.09. The molecule has 2 atom stereocenters. The summed E-state index contributed by atoms with van der Waals surface area (Å²) < 4.78 is 27.3. The van der Waals surface area contributed by atoms with Gasteiger partial charge in [0.1, 0.15) is 6.33 Å². The molecule has 2 aliphatic heterocycles. The number of hydrogen-bond donors (Lipinski definition) is 1. The minimum atomic E-state index is -3.61. The lowest BCUT2D eigenvalue weighted by Crippen LogP contribution is -2.43. The Labute approximate surface area is 158 Å². The molecule has 1 fully saturated rings. The minimum Gasteiger partial charge on any atom is -0.332 e. The fraction of sp³-hybridized carbons (Fsp3) is 0.421. The molecule has 0 spiro atoms. The molecule has 1 aromatic carbocycles. The molecular weight excluding hydrogens is 364 g/mol. The van der Waals surface area contributed by atoms with Gasteiger partial charge in [-0.1, -0.05) is 12.1 Å². The highest BCUT2D eigenvalue weighted by atomic mass is 32.2. The Balaban J connectivity index is 1.41. The van der Waals surface area contributed by atoms with Crippen LogP contribution in [0.3, 0.4) is 0 Å². The second kappa shape index (κ2) is 7.01. The first kappa shape index (κ1) is 18.1. The molecular formula is C19H22N4O3S. The lowest BCUT2D eigenvalue weighted by Gasteiger charge is -2.35. The minimum absolute atomic E-state index is 0.0147. The Morgan fingerprint density at radius 1 is 1.33 bits per heavy atom. The maximum atomic E-state index is 12.8. The summed E-state index contributed by atoms with van der Waals surface area (Å²) in [4.78, 5) is 23.4. The van der Waals surface area contributed by atoms with Crippen molar-refractivity contribution in [2.75, 3.05) is 6.54 Å². The van der Waals surface area contributed by atoms with Gasteiger partial charge in [-0.3, -0.25) is 4.79 Å². The van der Waals surface area contributed by atoms with Crippen LogP contribution in [-0.2, 0) is 21.2 Å². The number of carbonyl (C=O) groups excluding carboxylic acids is 1. The highest BCUT2D eigenvalue weighted by molar-refractivity contribution is 7.89. The van der Waals surface area contributed by atoms with Gasteiger partial charge in [0, 0.05) is 37.2 Å². The summed E-state index contributed by atoms with van der Waals surface area (Å²) in [6.07, 6.45) is 6.09. The van der Waals surface area contributed by atoms with E-state index in [1.165, 1.54) is 0 Å².